The summed E-state index contributed by atoms with van der Waals surface area (Å²) in [6.07, 6.45) is 3.87. The predicted octanol–water partition coefficient (Wildman–Crippen LogP) is 4.16. The monoisotopic (exact) mass is 409 g/mol. The van der Waals surface area contributed by atoms with Crippen LogP contribution in [0.2, 0.25) is 0 Å². The molecule has 3 heterocycles. The average molecular weight is 410 g/mol. The summed E-state index contributed by atoms with van der Waals surface area (Å²) in [6.45, 7) is 2.72. The maximum Gasteiger partial charge on any atom is 0.291 e. The van der Waals surface area contributed by atoms with Crippen LogP contribution in [0.15, 0.2) is 64.6 Å². The summed E-state index contributed by atoms with van der Waals surface area (Å²) in [5.74, 6) is -0.195. The highest BCUT2D eigenvalue weighted by molar-refractivity contribution is 7.10. The second-order valence-electron chi connectivity index (χ2n) is 6.99. The number of hydrogen-bond donors (Lipinski definition) is 2. The van der Waals surface area contributed by atoms with E-state index in [1.807, 2.05) is 0 Å². The zero-order valence-electron chi connectivity index (χ0n) is 16.0. The van der Waals surface area contributed by atoms with Gasteiger partial charge < -0.3 is 15.1 Å². The first-order valence-electron chi connectivity index (χ1n) is 9.71. The Balaban J connectivity index is 1.36. The number of furan rings is 1. The molecule has 150 valence electrons. The molecule has 0 radical (unpaired) electrons. The summed E-state index contributed by atoms with van der Waals surface area (Å²) in [4.78, 5) is 28.4. The molecule has 1 fully saturated rings. The molecular weight excluding hydrogens is 386 g/mol. The largest absolute Gasteiger partial charge is 0.459 e. The smallest absolute Gasteiger partial charge is 0.291 e. The SMILES string of the molecule is O=C(NCC(c1cccs1)N1CCCC1)c1ccc(NC(=O)c2ccco2)cc1. The number of carbonyl (C=O) groups excluding carboxylic acids is 2. The van der Waals surface area contributed by atoms with E-state index < -0.39 is 0 Å². The second kappa shape index (κ2) is 9.07. The summed E-state index contributed by atoms with van der Waals surface area (Å²) in [7, 11) is 0. The van der Waals surface area contributed by atoms with E-state index in [-0.39, 0.29) is 23.6 Å². The van der Waals surface area contributed by atoms with Crippen molar-refractivity contribution < 1.29 is 14.0 Å². The molecule has 0 aliphatic carbocycles. The first kappa shape index (κ1) is 19.4. The van der Waals surface area contributed by atoms with Crippen molar-refractivity contribution in [2.45, 2.75) is 18.9 Å². The van der Waals surface area contributed by atoms with Gasteiger partial charge in [0.05, 0.1) is 12.3 Å². The molecule has 1 saturated heterocycles. The molecular formula is C22H23N3O3S. The number of rotatable bonds is 7. The van der Waals surface area contributed by atoms with Crippen LogP contribution >= 0.6 is 11.3 Å². The molecule has 1 aliphatic heterocycles. The number of benzene rings is 1. The van der Waals surface area contributed by atoms with E-state index >= 15 is 0 Å². The van der Waals surface area contributed by atoms with Crippen molar-refractivity contribution in [3.63, 3.8) is 0 Å². The van der Waals surface area contributed by atoms with Gasteiger partial charge in [0, 0.05) is 22.7 Å². The fraction of sp³-hybridized carbons (Fsp3) is 0.273. The summed E-state index contributed by atoms with van der Waals surface area (Å²) in [5, 5.41) is 7.90. The maximum atomic E-state index is 12.6. The molecule has 4 rings (SSSR count). The van der Waals surface area contributed by atoms with Crippen molar-refractivity contribution in [1.82, 2.24) is 10.2 Å². The topological polar surface area (TPSA) is 74.6 Å². The van der Waals surface area contributed by atoms with Crippen LogP contribution in [0.25, 0.3) is 0 Å². The molecule has 1 aromatic carbocycles. The Kier molecular flexibility index (Phi) is 6.07. The molecule has 2 aromatic heterocycles. The van der Waals surface area contributed by atoms with E-state index in [0.717, 1.165) is 13.1 Å². The number of likely N-dealkylation sites (tertiary alicyclic amines) is 1. The van der Waals surface area contributed by atoms with Crippen LogP contribution in [-0.2, 0) is 0 Å². The summed E-state index contributed by atoms with van der Waals surface area (Å²) >= 11 is 1.73. The van der Waals surface area contributed by atoms with E-state index in [1.54, 1.807) is 47.7 Å². The Morgan fingerprint density at radius 1 is 1.03 bits per heavy atom. The lowest BCUT2D eigenvalue weighted by Crippen LogP contribution is -2.36. The third-order valence-electron chi connectivity index (χ3n) is 5.06. The number of amides is 2. The van der Waals surface area contributed by atoms with Crippen LogP contribution in [0.4, 0.5) is 5.69 Å². The lowest BCUT2D eigenvalue weighted by Gasteiger charge is -2.27. The van der Waals surface area contributed by atoms with Crippen LogP contribution in [-0.4, -0.2) is 36.3 Å². The number of carbonyl (C=O) groups is 2. The van der Waals surface area contributed by atoms with E-state index in [1.165, 1.54) is 24.0 Å². The van der Waals surface area contributed by atoms with Gasteiger partial charge in [-0.15, -0.1) is 11.3 Å². The first-order chi connectivity index (χ1) is 14.2. The van der Waals surface area contributed by atoms with Crippen LogP contribution in [0, 0.1) is 0 Å². The normalized spacial score (nSPS) is 15.2. The van der Waals surface area contributed by atoms with Gasteiger partial charge in [0.1, 0.15) is 0 Å². The Morgan fingerprint density at radius 2 is 1.83 bits per heavy atom. The predicted molar refractivity (Wildman–Crippen MR) is 113 cm³/mol. The molecule has 0 bridgehead atoms. The van der Waals surface area contributed by atoms with Gasteiger partial charge >= 0.3 is 0 Å². The van der Waals surface area contributed by atoms with Gasteiger partial charge in [-0.1, -0.05) is 6.07 Å². The number of nitrogens with one attached hydrogen (secondary N) is 2. The summed E-state index contributed by atoms with van der Waals surface area (Å²) in [5.41, 5.74) is 1.17. The summed E-state index contributed by atoms with van der Waals surface area (Å²) in [6, 6.07) is 14.5. The Morgan fingerprint density at radius 3 is 2.48 bits per heavy atom. The Hall–Kier alpha value is -2.90. The van der Waals surface area contributed by atoms with Crippen molar-refractivity contribution in [3.05, 3.63) is 76.4 Å². The van der Waals surface area contributed by atoms with Gasteiger partial charge in [-0.05, 0) is 73.8 Å². The number of hydrogen-bond acceptors (Lipinski definition) is 5. The highest BCUT2D eigenvalue weighted by Crippen LogP contribution is 2.28. The van der Waals surface area contributed by atoms with Gasteiger partial charge in [0.15, 0.2) is 5.76 Å². The zero-order valence-corrected chi connectivity index (χ0v) is 16.8. The molecule has 3 aromatic rings. The molecule has 7 heteroatoms. The fourth-order valence-corrected chi connectivity index (χ4v) is 4.40. The van der Waals surface area contributed by atoms with Gasteiger partial charge in [-0.2, -0.15) is 0 Å². The quantitative estimate of drug-likeness (QED) is 0.614. The van der Waals surface area contributed by atoms with E-state index in [2.05, 4.69) is 33.0 Å². The lowest BCUT2D eigenvalue weighted by atomic mass is 10.1. The molecule has 1 unspecified atom stereocenters. The molecule has 2 N–H and O–H groups in total. The zero-order chi connectivity index (χ0) is 20.1. The van der Waals surface area contributed by atoms with Crippen molar-refractivity contribution >= 4 is 28.8 Å². The average Bonchev–Trinajstić information content (AvgIpc) is 3.52. The molecule has 1 atom stereocenters. The van der Waals surface area contributed by atoms with Crippen molar-refractivity contribution in [2.75, 3.05) is 25.0 Å². The van der Waals surface area contributed by atoms with Crippen LogP contribution in [0.1, 0.15) is 44.7 Å². The van der Waals surface area contributed by atoms with Gasteiger partial charge in [0.25, 0.3) is 11.8 Å². The van der Waals surface area contributed by atoms with E-state index in [0.29, 0.717) is 17.8 Å². The second-order valence-corrected chi connectivity index (χ2v) is 7.97. The highest BCUT2D eigenvalue weighted by Gasteiger charge is 2.24. The van der Waals surface area contributed by atoms with Crippen LogP contribution < -0.4 is 10.6 Å². The molecule has 0 saturated carbocycles. The van der Waals surface area contributed by atoms with Crippen molar-refractivity contribution in [3.8, 4) is 0 Å². The number of thiophene rings is 1. The number of anilines is 1. The minimum absolute atomic E-state index is 0.116. The third kappa shape index (κ3) is 4.75. The number of nitrogens with zero attached hydrogens (tertiary/aromatic N) is 1. The first-order valence-corrected chi connectivity index (χ1v) is 10.6. The molecule has 0 spiro atoms. The fourth-order valence-electron chi connectivity index (χ4n) is 3.54. The van der Waals surface area contributed by atoms with Crippen LogP contribution in [0.3, 0.4) is 0 Å². The molecule has 1 aliphatic rings. The maximum absolute atomic E-state index is 12.6. The minimum Gasteiger partial charge on any atom is -0.459 e. The molecule has 2 amide bonds. The Bertz CT molecular complexity index is 930. The highest BCUT2D eigenvalue weighted by atomic mass is 32.1. The van der Waals surface area contributed by atoms with Crippen molar-refractivity contribution in [2.24, 2.45) is 0 Å². The van der Waals surface area contributed by atoms with Crippen LogP contribution in [0.5, 0.6) is 0 Å². The van der Waals surface area contributed by atoms with Gasteiger partial charge in [-0.3, -0.25) is 14.5 Å². The standard InChI is InChI=1S/C22H23N3O3S/c26-21(23-15-18(20-6-4-14-29-20)25-11-1-2-12-25)16-7-9-17(10-8-16)24-22(27)19-5-3-13-28-19/h3-10,13-14,18H,1-2,11-12,15H2,(H,23,26)(H,24,27). The molecule has 29 heavy (non-hydrogen) atoms. The Labute approximate surface area is 173 Å². The van der Waals surface area contributed by atoms with E-state index in [9.17, 15) is 9.59 Å². The van der Waals surface area contributed by atoms with Crippen molar-refractivity contribution in [1.29, 1.82) is 0 Å². The third-order valence-corrected chi connectivity index (χ3v) is 6.03. The van der Waals surface area contributed by atoms with Gasteiger partial charge in [0.2, 0.25) is 0 Å². The lowest BCUT2D eigenvalue weighted by molar-refractivity contribution is 0.0937. The summed E-state index contributed by atoms with van der Waals surface area (Å²) < 4.78 is 5.08. The van der Waals surface area contributed by atoms with E-state index in [4.69, 9.17) is 4.42 Å². The van der Waals surface area contributed by atoms with Gasteiger partial charge in [-0.25, -0.2) is 0 Å². The minimum atomic E-state index is -0.323. The molecule has 6 nitrogen and oxygen atoms in total.